The average molecular weight is 317 g/mol. The molecular weight excluding hydrogens is 302 g/mol. The van der Waals surface area contributed by atoms with Crippen LogP contribution in [-0.2, 0) is 6.54 Å². The number of phenolic OH excluding ortho intramolecular Hbond substituents is 1. The maximum atomic E-state index is 9.91. The van der Waals surface area contributed by atoms with Crippen molar-refractivity contribution in [1.82, 2.24) is 14.7 Å². The molecule has 0 amide bonds. The van der Waals surface area contributed by atoms with E-state index in [1.165, 1.54) is 5.56 Å². The van der Waals surface area contributed by atoms with Crippen molar-refractivity contribution >= 4 is 0 Å². The van der Waals surface area contributed by atoms with Crippen molar-refractivity contribution < 1.29 is 9.63 Å². The molecule has 118 valence electrons. The molecule has 2 heterocycles. The molecule has 0 atom stereocenters. The summed E-state index contributed by atoms with van der Waals surface area (Å²) in [6.07, 6.45) is 5.50. The van der Waals surface area contributed by atoms with Gasteiger partial charge in [0, 0.05) is 36.1 Å². The number of para-hydroxylation sites is 1. The van der Waals surface area contributed by atoms with Crippen LogP contribution in [0.2, 0.25) is 0 Å². The van der Waals surface area contributed by atoms with Gasteiger partial charge in [0.15, 0.2) is 5.76 Å². The van der Waals surface area contributed by atoms with Crippen molar-refractivity contribution in [3.8, 4) is 28.3 Å². The molecule has 0 aliphatic carbocycles. The minimum Gasteiger partial charge on any atom is -0.507 e. The topological polar surface area (TPSA) is 64.1 Å². The van der Waals surface area contributed by atoms with E-state index in [1.807, 2.05) is 41.1 Å². The van der Waals surface area contributed by atoms with E-state index in [9.17, 15) is 5.11 Å². The fourth-order valence-electron chi connectivity index (χ4n) is 2.59. The fourth-order valence-corrected chi connectivity index (χ4v) is 2.59. The Labute approximate surface area is 138 Å². The zero-order valence-electron chi connectivity index (χ0n) is 12.8. The van der Waals surface area contributed by atoms with Crippen molar-refractivity contribution in [1.29, 1.82) is 0 Å². The van der Waals surface area contributed by atoms with Crippen LogP contribution in [0, 0.1) is 0 Å². The van der Waals surface area contributed by atoms with Crippen LogP contribution in [0.15, 0.2) is 77.8 Å². The largest absolute Gasteiger partial charge is 0.507 e. The van der Waals surface area contributed by atoms with Crippen molar-refractivity contribution in [3.63, 3.8) is 0 Å². The molecule has 0 radical (unpaired) electrons. The second kappa shape index (κ2) is 6.04. The van der Waals surface area contributed by atoms with Crippen LogP contribution >= 0.6 is 0 Å². The molecule has 4 rings (SSSR count). The minimum absolute atomic E-state index is 0.188. The van der Waals surface area contributed by atoms with Gasteiger partial charge in [-0.1, -0.05) is 41.6 Å². The highest BCUT2D eigenvalue weighted by Crippen LogP contribution is 2.31. The first-order chi connectivity index (χ1) is 11.8. The van der Waals surface area contributed by atoms with Gasteiger partial charge in [0.25, 0.3) is 0 Å². The Balaban J connectivity index is 1.57. The van der Waals surface area contributed by atoms with E-state index in [0.29, 0.717) is 17.0 Å². The predicted molar refractivity (Wildman–Crippen MR) is 90.4 cm³/mol. The number of imidazole rings is 1. The molecule has 0 unspecified atom stereocenters. The summed E-state index contributed by atoms with van der Waals surface area (Å²) in [5.41, 5.74) is 3.39. The number of aromatic nitrogens is 3. The Kier molecular flexibility index (Phi) is 3.59. The SMILES string of the molecule is Oc1ccccc1-c1cc(-c2ccc(Cn3ccnc3)cc2)on1. The Morgan fingerprint density at radius 3 is 2.62 bits per heavy atom. The fraction of sp³-hybridized carbons (Fsp3) is 0.0526. The number of hydrogen-bond acceptors (Lipinski definition) is 4. The third-order valence-electron chi connectivity index (χ3n) is 3.85. The Hall–Kier alpha value is -3.34. The van der Waals surface area contributed by atoms with E-state index in [4.69, 9.17) is 4.52 Å². The van der Waals surface area contributed by atoms with Gasteiger partial charge in [-0.3, -0.25) is 0 Å². The Bertz CT molecular complexity index is 941. The molecule has 4 aromatic rings. The van der Waals surface area contributed by atoms with Crippen LogP contribution in [0.25, 0.3) is 22.6 Å². The van der Waals surface area contributed by atoms with Gasteiger partial charge in [-0.05, 0) is 17.7 Å². The number of rotatable bonds is 4. The lowest BCUT2D eigenvalue weighted by atomic mass is 10.1. The molecule has 5 nitrogen and oxygen atoms in total. The van der Waals surface area contributed by atoms with E-state index in [1.54, 1.807) is 24.7 Å². The van der Waals surface area contributed by atoms with Crippen LogP contribution in [0.3, 0.4) is 0 Å². The number of phenols is 1. The van der Waals surface area contributed by atoms with Crippen molar-refractivity contribution in [3.05, 3.63) is 78.9 Å². The summed E-state index contributed by atoms with van der Waals surface area (Å²) >= 11 is 0. The molecule has 24 heavy (non-hydrogen) atoms. The molecule has 0 spiro atoms. The molecule has 2 aromatic carbocycles. The van der Waals surface area contributed by atoms with E-state index in [-0.39, 0.29) is 5.75 Å². The number of aromatic hydroxyl groups is 1. The molecule has 0 saturated heterocycles. The summed E-state index contributed by atoms with van der Waals surface area (Å²) < 4.78 is 7.44. The van der Waals surface area contributed by atoms with Crippen LogP contribution < -0.4 is 0 Å². The molecule has 2 aromatic heterocycles. The van der Waals surface area contributed by atoms with Crippen molar-refractivity contribution in [2.24, 2.45) is 0 Å². The second-order valence-corrected chi connectivity index (χ2v) is 5.53. The quantitative estimate of drug-likeness (QED) is 0.619. The maximum absolute atomic E-state index is 9.91. The molecule has 0 fully saturated rings. The van der Waals surface area contributed by atoms with E-state index in [0.717, 1.165) is 12.1 Å². The van der Waals surface area contributed by atoms with Gasteiger partial charge >= 0.3 is 0 Å². The lowest BCUT2D eigenvalue weighted by Crippen LogP contribution is -1.95. The van der Waals surface area contributed by atoms with Crippen molar-refractivity contribution in [2.45, 2.75) is 6.54 Å². The Morgan fingerprint density at radius 2 is 1.88 bits per heavy atom. The van der Waals surface area contributed by atoms with Gasteiger partial charge in [0.1, 0.15) is 11.4 Å². The van der Waals surface area contributed by atoms with E-state index < -0.39 is 0 Å². The highest BCUT2D eigenvalue weighted by Gasteiger charge is 2.11. The zero-order valence-corrected chi connectivity index (χ0v) is 12.8. The highest BCUT2D eigenvalue weighted by atomic mass is 16.5. The van der Waals surface area contributed by atoms with Gasteiger partial charge in [-0.2, -0.15) is 0 Å². The first-order valence-corrected chi connectivity index (χ1v) is 7.60. The molecule has 0 aliphatic rings. The number of nitrogens with zero attached hydrogens (tertiary/aromatic N) is 3. The normalized spacial score (nSPS) is 10.8. The van der Waals surface area contributed by atoms with Crippen molar-refractivity contribution in [2.75, 3.05) is 0 Å². The number of benzene rings is 2. The van der Waals surface area contributed by atoms with E-state index in [2.05, 4.69) is 22.3 Å². The van der Waals surface area contributed by atoms with Gasteiger partial charge in [-0.15, -0.1) is 0 Å². The van der Waals surface area contributed by atoms with Gasteiger partial charge < -0.3 is 14.2 Å². The highest BCUT2D eigenvalue weighted by molar-refractivity contribution is 5.70. The van der Waals surface area contributed by atoms with Crippen LogP contribution in [0.4, 0.5) is 0 Å². The maximum Gasteiger partial charge on any atom is 0.167 e. The summed E-state index contributed by atoms with van der Waals surface area (Å²) in [5.74, 6) is 0.857. The minimum atomic E-state index is 0.188. The summed E-state index contributed by atoms with van der Waals surface area (Å²) in [4.78, 5) is 4.04. The average Bonchev–Trinajstić information content (AvgIpc) is 3.28. The Morgan fingerprint density at radius 1 is 1.04 bits per heavy atom. The molecular formula is C19H15N3O2. The van der Waals surface area contributed by atoms with Gasteiger partial charge in [-0.25, -0.2) is 4.98 Å². The zero-order chi connectivity index (χ0) is 16.4. The molecule has 0 bridgehead atoms. The third-order valence-corrected chi connectivity index (χ3v) is 3.85. The van der Waals surface area contributed by atoms with E-state index >= 15 is 0 Å². The van der Waals surface area contributed by atoms with Gasteiger partial charge in [0.2, 0.25) is 0 Å². The van der Waals surface area contributed by atoms with Crippen LogP contribution in [0.5, 0.6) is 5.75 Å². The van der Waals surface area contributed by atoms with Gasteiger partial charge in [0.05, 0.1) is 6.33 Å². The molecule has 0 aliphatic heterocycles. The standard InChI is InChI=1S/C19H15N3O2/c23-18-4-2-1-3-16(18)17-11-19(24-21-17)15-7-5-14(6-8-15)12-22-10-9-20-13-22/h1-11,13,23H,12H2. The van der Waals surface area contributed by atoms with Crippen LogP contribution in [-0.4, -0.2) is 19.8 Å². The first-order valence-electron chi connectivity index (χ1n) is 7.60. The summed E-state index contributed by atoms with van der Waals surface area (Å²) in [5, 5.41) is 14.0. The number of hydrogen-bond donors (Lipinski definition) is 1. The monoisotopic (exact) mass is 317 g/mol. The predicted octanol–water partition coefficient (Wildman–Crippen LogP) is 3.96. The summed E-state index contributed by atoms with van der Waals surface area (Å²) in [7, 11) is 0. The summed E-state index contributed by atoms with van der Waals surface area (Å²) in [6, 6.07) is 17.0. The molecule has 1 N–H and O–H groups in total. The second-order valence-electron chi connectivity index (χ2n) is 5.53. The lowest BCUT2D eigenvalue weighted by Gasteiger charge is -2.03. The lowest BCUT2D eigenvalue weighted by molar-refractivity contribution is 0.433. The summed E-state index contributed by atoms with van der Waals surface area (Å²) in [6.45, 7) is 0.778. The van der Waals surface area contributed by atoms with Crippen LogP contribution in [0.1, 0.15) is 5.56 Å². The molecule has 5 heteroatoms. The molecule has 0 saturated carbocycles. The smallest absolute Gasteiger partial charge is 0.167 e. The first kappa shape index (κ1) is 14.3. The third kappa shape index (κ3) is 2.79.